The van der Waals surface area contributed by atoms with Crippen molar-refractivity contribution in [2.45, 2.75) is 31.5 Å². The van der Waals surface area contributed by atoms with Gasteiger partial charge in [0.15, 0.2) is 0 Å². The quantitative estimate of drug-likeness (QED) is 0.844. The standard InChI is InChI=1S/C20H24FN3O2/c21-16-6-12-24(13-16)19(25)14-23-10-7-17(8-11-23)26-20-18-4-2-1-3-15(18)5-9-22-20/h1-5,9,16-17H,6-8,10-14H2/t16-/m0/s1. The fourth-order valence-corrected chi connectivity index (χ4v) is 3.76. The summed E-state index contributed by atoms with van der Waals surface area (Å²) in [6.45, 7) is 2.81. The number of aromatic nitrogens is 1. The van der Waals surface area contributed by atoms with Gasteiger partial charge in [-0.15, -0.1) is 0 Å². The number of pyridine rings is 1. The largest absolute Gasteiger partial charge is 0.474 e. The Labute approximate surface area is 152 Å². The van der Waals surface area contributed by atoms with Crippen LogP contribution < -0.4 is 4.74 Å². The van der Waals surface area contributed by atoms with Crippen molar-refractivity contribution < 1.29 is 13.9 Å². The molecule has 0 radical (unpaired) electrons. The highest BCUT2D eigenvalue weighted by molar-refractivity contribution is 5.86. The van der Waals surface area contributed by atoms with Crippen molar-refractivity contribution in [2.24, 2.45) is 0 Å². The summed E-state index contributed by atoms with van der Waals surface area (Å²) in [4.78, 5) is 20.4. The smallest absolute Gasteiger partial charge is 0.236 e. The Balaban J connectivity index is 1.30. The van der Waals surface area contributed by atoms with Gasteiger partial charge in [0.2, 0.25) is 11.8 Å². The van der Waals surface area contributed by atoms with Crippen LogP contribution in [0.25, 0.3) is 10.8 Å². The van der Waals surface area contributed by atoms with Crippen molar-refractivity contribution in [3.8, 4) is 5.88 Å². The van der Waals surface area contributed by atoms with Crippen LogP contribution in [0.3, 0.4) is 0 Å². The average molecular weight is 357 g/mol. The van der Waals surface area contributed by atoms with E-state index >= 15 is 0 Å². The first-order valence-corrected chi connectivity index (χ1v) is 9.33. The van der Waals surface area contributed by atoms with Gasteiger partial charge < -0.3 is 9.64 Å². The first kappa shape index (κ1) is 17.2. The van der Waals surface area contributed by atoms with Crippen LogP contribution in [0.4, 0.5) is 4.39 Å². The van der Waals surface area contributed by atoms with E-state index in [-0.39, 0.29) is 18.6 Å². The number of alkyl halides is 1. The molecule has 1 atom stereocenters. The van der Waals surface area contributed by atoms with Crippen molar-refractivity contribution >= 4 is 16.7 Å². The number of halogens is 1. The average Bonchev–Trinajstić information content (AvgIpc) is 3.10. The molecule has 0 N–H and O–H groups in total. The van der Waals surface area contributed by atoms with Gasteiger partial charge in [-0.3, -0.25) is 9.69 Å². The van der Waals surface area contributed by atoms with Crippen LogP contribution in [-0.2, 0) is 4.79 Å². The predicted octanol–water partition coefficient (Wildman–Crippen LogP) is 2.65. The van der Waals surface area contributed by atoms with Gasteiger partial charge in [-0.25, -0.2) is 9.37 Å². The summed E-state index contributed by atoms with van der Waals surface area (Å²) in [5.41, 5.74) is 0. The van der Waals surface area contributed by atoms with E-state index in [0.29, 0.717) is 25.4 Å². The highest BCUT2D eigenvalue weighted by Gasteiger charge is 2.28. The molecule has 2 aliphatic rings. The third-order valence-corrected chi connectivity index (χ3v) is 5.29. The Morgan fingerprint density at radius 3 is 2.73 bits per heavy atom. The molecule has 2 aromatic rings. The van der Waals surface area contributed by atoms with Gasteiger partial charge >= 0.3 is 0 Å². The number of hydrogen-bond donors (Lipinski definition) is 0. The van der Waals surface area contributed by atoms with Crippen molar-refractivity contribution in [3.63, 3.8) is 0 Å². The van der Waals surface area contributed by atoms with E-state index in [2.05, 4.69) is 16.0 Å². The second kappa shape index (κ2) is 7.58. The monoisotopic (exact) mass is 357 g/mol. The fourth-order valence-electron chi connectivity index (χ4n) is 3.76. The molecule has 0 bridgehead atoms. The van der Waals surface area contributed by atoms with Gasteiger partial charge in [-0.05, 0) is 36.8 Å². The van der Waals surface area contributed by atoms with Crippen LogP contribution in [-0.4, -0.2) is 65.7 Å². The lowest BCUT2D eigenvalue weighted by Crippen LogP contribution is -2.44. The summed E-state index contributed by atoms with van der Waals surface area (Å²) in [6.07, 6.45) is 3.24. The first-order chi connectivity index (χ1) is 12.7. The summed E-state index contributed by atoms with van der Waals surface area (Å²) < 4.78 is 19.4. The molecule has 0 saturated carbocycles. The maximum Gasteiger partial charge on any atom is 0.236 e. The molecular weight excluding hydrogens is 333 g/mol. The molecule has 2 fully saturated rings. The molecule has 0 unspecified atom stereocenters. The van der Waals surface area contributed by atoms with Crippen molar-refractivity contribution in [1.82, 2.24) is 14.8 Å². The van der Waals surface area contributed by atoms with E-state index in [1.54, 1.807) is 11.1 Å². The number of likely N-dealkylation sites (tertiary alicyclic amines) is 2. The molecule has 1 aromatic heterocycles. The van der Waals surface area contributed by atoms with Crippen LogP contribution in [0.15, 0.2) is 36.5 Å². The van der Waals surface area contributed by atoms with E-state index in [4.69, 9.17) is 4.74 Å². The Morgan fingerprint density at radius 2 is 1.96 bits per heavy atom. The predicted molar refractivity (Wildman–Crippen MR) is 97.9 cm³/mol. The number of piperidine rings is 1. The van der Waals surface area contributed by atoms with Gasteiger partial charge in [0.05, 0.1) is 13.1 Å². The fraction of sp³-hybridized carbons (Fsp3) is 0.500. The van der Waals surface area contributed by atoms with E-state index in [9.17, 15) is 9.18 Å². The summed E-state index contributed by atoms with van der Waals surface area (Å²) in [5.74, 6) is 0.726. The summed E-state index contributed by atoms with van der Waals surface area (Å²) >= 11 is 0. The van der Waals surface area contributed by atoms with Gasteiger partial charge in [-0.2, -0.15) is 0 Å². The van der Waals surface area contributed by atoms with Crippen LogP contribution in [0.5, 0.6) is 5.88 Å². The maximum absolute atomic E-state index is 13.3. The molecule has 6 heteroatoms. The SMILES string of the molecule is O=C(CN1CCC(Oc2nccc3ccccc23)CC1)N1CC[C@H](F)C1. The normalized spacial score (nSPS) is 22.0. The highest BCUT2D eigenvalue weighted by atomic mass is 19.1. The van der Waals surface area contributed by atoms with Crippen LogP contribution in [0, 0.1) is 0 Å². The number of rotatable bonds is 4. The van der Waals surface area contributed by atoms with Gasteiger partial charge in [0.1, 0.15) is 12.3 Å². The molecule has 26 heavy (non-hydrogen) atoms. The van der Waals surface area contributed by atoms with E-state index in [0.717, 1.165) is 36.7 Å². The summed E-state index contributed by atoms with van der Waals surface area (Å²) in [5, 5.41) is 2.15. The van der Waals surface area contributed by atoms with Crippen LogP contribution >= 0.6 is 0 Å². The lowest BCUT2D eigenvalue weighted by Gasteiger charge is -2.32. The zero-order chi connectivity index (χ0) is 17.9. The Morgan fingerprint density at radius 1 is 1.15 bits per heavy atom. The van der Waals surface area contributed by atoms with Gasteiger partial charge in [-0.1, -0.05) is 18.2 Å². The zero-order valence-corrected chi connectivity index (χ0v) is 14.8. The molecule has 2 aliphatic heterocycles. The first-order valence-electron chi connectivity index (χ1n) is 9.33. The second-order valence-corrected chi connectivity index (χ2v) is 7.16. The Bertz CT molecular complexity index is 771. The van der Waals surface area contributed by atoms with E-state index in [1.165, 1.54) is 0 Å². The summed E-state index contributed by atoms with van der Waals surface area (Å²) in [6, 6.07) is 10.1. The van der Waals surface area contributed by atoms with Gasteiger partial charge in [0, 0.05) is 31.2 Å². The number of ether oxygens (including phenoxy) is 1. The lowest BCUT2D eigenvalue weighted by molar-refractivity contribution is -0.132. The molecule has 5 nitrogen and oxygen atoms in total. The topological polar surface area (TPSA) is 45.7 Å². The minimum atomic E-state index is -0.855. The highest BCUT2D eigenvalue weighted by Crippen LogP contribution is 2.25. The molecule has 0 spiro atoms. The van der Waals surface area contributed by atoms with Gasteiger partial charge in [0.25, 0.3) is 0 Å². The second-order valence-electron chi connectivity index (χ2n) is 7.16. The molecule has 3 heterocycles. The van der Waals surface area contributed by atoms with Crippen molar-refractivity contribution in [2.75, 3.05) is 32.7 Å². The van der Waals surface area contributed by atoms with Crippen LogP contribution in [0.2, 0.25) is 0 Å². The number of carbonyl (C=O) groups is 1. The molecule has 4 rings (SSSR count). The Hall–Kier alpha value is -2.21. The number of nitrogens with zero attached hydrogens (tertiary/aromatic N) is 3. The third kappa shape index (κ3) is 3.80. The van der Waals surface area contributed by atoms with E-state index < -0.39 is 6.17 Å². The minimum Gasteiger partial charge on any atom is -0.474 e. The number of amides is 1. The van der Waals surface area contributed by atoms with Crippen LogP contribution in [0.1, 0.15) is 19.3 Å². The third-order valence-electron chi connectivity index (χ3n) is 5.29. The molecule has 2 saturated heterocycles. The molecule has 1 amide bonds. The molecule has 1 aromatic carbocycles. The number of carbonyl (C=O) groups excluding carboxylic acids is 1. The maximum atomic E-state index is 13.3. The molecular formula is C20H24FN3O2. The van der Waals surface area contributed by atoms with Crippen molar-refractivity contribution in [1.29, 1.82) is 0 Å². The number of benzene rings is 1. The molecule has 138 valence electrons. The number of fused-ring (bicyclic) bond motifs is 1. The molecule has 0 aliphatic carbocycles. The lowest BCUT2D eigenvalue weighted by atomic mass is 10.1. The summed E-state index contributed by atoms with van der Waals surface area (Å²) in [7, 11) is 0. The zero-order valence-electron chi connectivity index (χ0n) is 14.8. The van der Waals surface area contributed by atoms with Crippen molar-refractivity contribution in [3.05, 3.63) is 36.5 Å². The Kier molecular flexibility index (Phi) is 5.02. The van der Waals surface area contributed by atoms with E-state index in [1.807, 2.05) is 24.3 Å². The number of hydrogen-bond acceptors (Lipinski definition) is 4. The minimum absolute atomic E-state index is 0.0419.